The van der Waals surface area contributed by atoms with Crippen LogP contribution >= 0.6 is 0 Å². The third-order valence-electron chi connectivity index (χ3n) is 5.74. The van der Waals surface area contributed by atoms with Crippen LogP contribution in [0, 0.1) is 5.92 Å². The molecule has 6 nitrogen and oxygen atoms in total. The molecule has 2 aromatic rings. The number of hydrogen-bond acceptors (Lipinski definition) is 4. The summed E-state index contributed by atoms with van der Waals surface area (Å²) in [4.78, 5) is 23.8. The fourth-order valence-corrected chi connectivity index (χ4v) is 4.23. The molecule has 1 amide bonds. The molecule has 2 aliphatic carbocycles. The highest BCUT2D eigenvalue weighted by Gasteiger charge is 2.35. The molecule has 0 heterocycles. The number of allylic oxidation sites excluding steroid dienone is 1. The molecule has 0 unspecified atom stereocenters. The number of ether oxygens (including phenoxy) is 1. The van der Waals surface area contributed by atoms with Crippen molar-refractivity contribution in [1.29, 1.82) is 0 Å². The first-order valence-electron chi connectivity index (χ1n) is 9.73. The van der Waals surface area contributed by atoms with Crippen LogP contribution in [0.4, 0.5) is 4.79 Å². The van der Waals surface area contributed by atoms with Gasteiger partial charge in [0.05, 0.1) is 18.1 Å². The Balaban J connectivity index is 1.44. The van der Waals surface area contributed by atoms with Crippen molar-refractivity contribution in [2.24, 2.45) is 5.92 Å². The molecule has 0 spiro atoms. The molecule has 3 N–H and O–H groups in total. The standard InChI is InChI=1S/C23H23NO5/c25-21-18(22(26)27)11-5-6-12-20(21)24-23(28)29-13-19-16-9-3-1-7-14(16)15-8-2-4-10-17(15)19/h1-10,18-21,25H,11-13H2,(H,24,28)(H,26,27)/t18-,20+,21-/m1/s1. The SMILES string of the molecule is O=C(N[C@H]1CC=CC[C@@H](C(=O)O)[C@H]1O)OCC1c2ccccc2-c2ccccc21. The minimum absolute atomic E-state index is 0.0566. The quantitative estimate of drug-likeness (QED) is 0.693. The molecule has 150 valence electrons. The molecule has 0 aliphatic heterocycles. The second kappa shape index (κ2) is 8.09. The van der Waals surface area contributed by atoms with E-state index in [2.05, 4.69) is 17.4 Å². The van der Waals surface area contributed by atoms with Gasteiger partial charge >= 0.3 is 12.1 Å². The van der Waals surface area contributed by atoms with E-state index >= 15 is 0 Å². The summed E-state index contributed by atoms with van der Waals surface area (Å²) >= 11 is 0. The lowest BCUT2D eigenvalue weighted by Crippen LogP contribution is -2.47. The van der Waals surface area contributed by atoms with E-state index in [1.54, 1.807) is 12.2 Å². The Labute approximate surface area is 168 Å². The maximum atomic E-state index is 12.4. The fourth-order valence-electron chi connectivity index (χ4n) is 4.23. The van der Waals surface area contributed by atoms with Crippen molar-refractivity contribution in [2.75, 3.05) is 6.61 Å². The van der Waals surface area contributed by atoms with E-state index in [9.17, 15) is 19.8 Å². The van der Waals surface area contributed by atoms with Crippen LogP contribution in [0.15, 0.2) is 60.7 Å². The van der Waals surface area contributed by atoms with Gasteiger partial charge in [-0.3, -0.25) is 4.79 Å². The number of benzene rings is 2. The number of nitrogens with one attached hydrogen (secondary N) is 1. The summed E-state index contributed by atoms with van der Waals surface area (Å²) in [7, 11) is 0. The summed E-state index contributed by atoms with van der Waals surface area (Å²) < 4.78 is 5.49. The number of carboxylic acid groups (broad SMARTS) is 1. The zero-order chi connectivity index (χ0) is 20.4. The maximum Gasteiger partial charge on any atom is 0.407 e. The number of aliphatic hydroxyl groups is 1. The molecule has 0 fully saturated rings. The average Bonchev–Trinajstić information content (AvgIpc) is 2.92. The molecule has 6 heteroatoms. The second-order valence-electron chi connectivity index (χ2n) is 7.45. The molecule has 0 saturated carbocycles. The first kappa shape index (κ1) is 19.2. The highest BCUT2D eigenvalue weighted by atomic mass is 16.5. The number of carboxylic acids is 1. The van der Waals surface area contributed by atoms with Crippen LogP contribution in [0.2, 0.25) is 0 Å². The largest absolute Gasteiger partial charge is 0.481 e. The van der Waals surface area contributed by atoms with Crippen LogP contribution in [0.3, 0.4) is 0 Å². The van der Waals surface area contributed by atoms with E-state index in [1.165, 1.54) is 0 Å². The smallest absolute Gasteiger partial charge is 0.407 e. The zero-order valence-corrected chi connectivity index (χ0v) is 15.8. The third kappa shape index (κ3) is 3.76. The molecular formula is C23H23NO5. The summed E-state index contributed by atoms with van der Waals surface area (Å²) in [5.74, 6) is -2.09. The van der Waals surface area contributed by atoms with Crippen molar-refractivity contribution in [2.45, 2.75) is 30.9 Å². The number of alkyl carbamates (subject to hydrolysis) is 1. The lowest BCUT2D eigenvalue weighted by atomic mass is 9.94. The molecule has 2 aliphatic rings. The van der Waals surface area contributed by atoms with Crippen LogP contribution < -0.4 is 5.32 Å². The highest BCUT2D eigenvalue weighted by molar-refractivity contribution is 5.79. The molecule has 3 atom stereocenters. The van der Waals surface area contributed by atoms with Gasteiger partial charge in [0.1, 0.15) is 6.61 Å². The van der Waals surface area contributed by atoms with Gasteiger partial charge in [-0.15, -0.1) is 0 Å². The predicted molar refractivity (Wildman–Crippen MR) is 107 cm³/mol. The topological polar surface area (TPSA) is 95.9 Å². The van der Waals surface area contributed by atoms with Gasteiger partial charge in [0.15, 0.2) is 0 Å². The van der Waals surface area contributed by atoms with Crippen LogP contribution in [-0.2, 0) is 9.53 Å². The van der Waals surface area contributed by atoms with Gasteiger partial charge in [0, 0.05) is 5.92 Å². The number of fused-ring (bicyclic) bond motifs is 3. The van der Waals surface area contributed by atoms with Gasteiger partial charge in [-0.1, -0.05) is 60.7 Å². The van der Waals surface area contributed by atoms with Crippen molar-refractivity contribution < 1.29 is 24.5 Å². The average molecular weight is 393 g/mol. The van der Waals surface area contributed by atoms with Crippen molar-refractivity contribution in [1.82, 2.24) is 5.32 Å². The lowest BCUT2D eigenvalue weighted by Gasteiger charge is -2.25. The summed E-state index contributed by atoms with van der Waals surface area (Å²) in [5.41, 5.74) is 4.52. The molecule has 4 rings (SSSR count). The van der Waals surface area contributed by atoms with Gasteiger partial charge in [-0.25, -0.2) is 4.79 Å². The fraction of sp³-hybridized carbons (Fsp3) is 0.304. The van der Waals surface area contributed by atoms with Crippen molar-refractivity contribution >= 4 is 12.1 Å². The van der Waals surface area contributed by atoms with E-state index in [0.29, 0.717) is 6.42 Å². The summed E-state index contributed by atoms with van der Waals surface area (Å²) in [6.45, 7) is 0.168. The number of carbonyl (C=O) groups excluding carboxylic acids is 1. The molecular weight excluding hydrogens is 370 g/mol. The van der Waals surface area contributed by atoms with E-state index < -0.39 is 30.1 Å². The van der Waals surface area contributed by atoms with Crippen LogP contribution in [0.5, 0.6) is 0 Å². The number of hydrogen-bond donors (Lipinski definition) is 3. The Morgan fingerprint density at radius 3 is 2.17 bits per heavy atom. The first-order chi connectivity index (χ1) is 14.1. The third-order valence-corrected chi connectivity index (χ3v) is 5.74. The molecule has 0 saturated heterocycles. The van der Waals surface area contributed by atoms with Crippen molar-refractivity contribution in [3.8, 4) is 11.1 Å². The van der Waals surface area contributed by atoms with Gasteiger partial charge in [-0.2, -0.15) is 0 Å². The summed E-state index contributed by atoms with van der Waals surface area (Å²) in [6, 6.07) is 15.4. The van der Waals surface area contributed by atoms with Crippen LogP contribution in [0.25, 0.3) is 11.1 Å². The lowest BCUT2D eigenvalue weighted by molar-refractivity contribution is -0.146. The van der Waals surface area contributed by atoms with E-state index in [-0.39, 0.29) is 18.9 Å². The zero-order valence-electron chi connectivity index (χ0n) is 15.8. The number of amides is 1. The highest BCUT2D eigenvalue weighted by Crippen LogP contribution is 2.44. The maximum absolute atomic E-state index is 12.4. The molecule has 0 radical (unpaired) electrons. The monoisotopic (exact) mass is 393 g/mol. The van der Waals surface area contributed by atoms with Crippen molar-refractivity contribution in [3.05, 3.63) is 71.8 Å². The molecule has 0 bridgehead atoms. The Morgan fingerprint density at radius 1 is 0.966 bits per heavy atom. The second-order valence-corrected chi connectivity index (χ2v) is 7.45. The summed E-state index contributed by atoms with van der Waals surface area (Å²) in [6.07, 6.45) is 2.26. The van der Waals surface area contributed by atoms with E-state index in [1.807, 2.05) is 36.4 Å². The van der Waals surface area contributed by atoms with Gasteiger partial charge in [0.2, 0.25) is 0 Å². The Hall–Kier alpha value is -3.12. The van der Waals surface area contributed by atoms with Crippen LogP contribution in [-0.4, -0.2) is 41.0 Å². The number of aliphatic carboxylic acids is 1. The van der Waals surface area contributed by atoms with Crippen molar-refractivity contribution in [3.63, 3.8) is 0 Å². The van der Waals surface area contributed by atoms with Gasteiger partial charge in [-0.05, 0) is 35.1 Å². The van der Waals surface area contributed by atoms with Crippen LogP contribution in [0.1, 0.15) is 29.9 Å². The van der Waals surface area contributed by atoms with E-state index in [0.717, 1.165) is 22.3 Å². The summed E-state index contributed by atoms with van der Waals surface area (Å²) in [5, 5.41) is 22.3. The Morgan fingerprint density at radius 2 is 1.55 bits per heavy atom. The van der Waals surface area contributed by atoms with E-state index in [4.69, 9.17) is 4.74 Å². The van der Waals surface area contributed by atoms with Gasteiger partial charge in [0.25, 0.3) is 0 Å². The minimum atomic E-state index is -1.18. The number of carbonyl (C=O) groups is 2. The normalized spacial score (nSPS) is 23.0. The first-order valence-corrected chi connectivity index (χ1v) is 9.73. The number of rotatable bonds is 4. The Kier molecular flexibility index (Phi) is 5.36. The Bertz CT molecular complexity index is 908. The van der Waals surface area contributed by atoms with Gasteiger partial charge < -0.3 is 20.3 Å². The molecule has 2 aromatic carbocycles. The minimum Gasteiger partial charge on any atom is -0.481 e. The molecule has 29 heavy (non-hydrogen) atoms. The predicted octanol–water partition coefficient (Wildman–Crippen LogP) is 3.31. The molecule has 0 aromatic heterocycles. The number of aliphatic hydroxyl groups excluding tert-OH is 1.